The molecule has 9 heteroatoms. The van der Waals surface area contributed by atoms with Crippen molar-refractivity contribution in [1.29, 1.82) is 0 Å². The maximum atomic E-state index is 12.3. The van der Waals surface area contributed by atoms with Gasteiger partial charge in [-0.15, -0.1) is 0 Å². The van der Waals surface area contributed by atoms with Gasteiger partial charge in [-0.25, -0.2) is 10.4 Å². The van der Waals surface area contributed by atoms with Crippen LogP contribution in [0, 0.1) is 0 Å². The molecule has 0 aliphatic carbocycles. The molecular formula is C24H18ClN4O3S-. The van der Waals surface area contributed by atoms with Gasteiger partial charge in [-0.3, -0.25) is 4.79 Å². The van der Waals surface area contributed by atoms with Crippen LogP contribution in [-0.2, 0) is 11.3 Å². The van der Waals surface area contributed by atoms with E-state index < -0.39 is 5.97 Å². The molecule has 0 radical (unpaired) electrons. The molecule has 7 nitrogen and oxygen atoms in total. The third kappa shape index (κ3) is 5.60. The molecular weight excluding hydrogens is 460 g/mol. The van der Waals surface area contributed by atoms with E-state index in [1.165, 1.54) is 24.0 Å². The Morgan fingerprint density at radius 1 is 1.06 bits per heavy atom. The molecule has 1 heterocycles. The van der Waals surface area contributed by atoms with Gasteiger partial charge in [-0.2, -0.15) is 5.10 Å². The summed E-state index contributed by atoms with van der Waals surface area (Å²) in [5, 5.41) is 16.4. The van der Waals surface area contributed by atoms with Crippen LogP contribution in [0.5, 0.6) is 0 Å². The fourth-order valence-corrected chi connectivity index (χ4v) is 4.15. The summed E-state index contributed by atoms with van der Waals surface area (Å²) in [4.78, 5) is 28.1. The molecule has 166 valence electrons. The minimum absolute atomic E-state index is 0.000732. The first-order chi connectivity index (χ1) is 16.0. The van der Waals surface area contributed by atoms with E-state index in [0.717, 1.165) is 16.6 Å². The van der Waals surface area contributed by atoms with Crippen LogP contribution in [-0.4, -0.2) is 33.4 Å². The van der Waals surface area contributed by atoms with Gasteiger partial charge in [0, 0.05) is 16.1 Å². The van der Waals surface area contributed by atoms with Gasteiger partial charge in [0.15, 0.2) is 5.16 Å². The number of carbonyl (C=O) groups is 2. The van der Waals surface area contributed by atoms with Gasteiger partial charge in [0.2, 0.25) is 0 Å². The molecule has 0 aliphatic rings. The van der Waals surface area contributed by atoms with E-state index >= 15 is 0 Å². The molecule has 4 aromatic rings. The summed E-state index contributed by atoms with van der Waals surface area (Å²) in [5.74, 6) is -1.56. The molecule has 0 bridgehead atoms. The van der Waals surface area contributed by atoms with Crippen molar-refractivity contribution in [3.8, 4) is 0 Å². The molecule has 0 fully saturated rings. The van der Waals surface area contributed by atoms with Crippen LogP contribution in [0.1, 0.15) is 21.5 Å². The number of carboxylic acid groups (broad SMARTS) is 1. The average molecular weight is 478 g/mol. The van der Waals surface area contributed by atoms with Gasteiger partial charge in [0.25, 0.3) is 5.91 Å². The van der Waals surface area contributed by atoms with Gasteiger partial charge >= 0.3 is 0 Å². The summed E-state index contributed by atoms with van der Waals surface area (Å²) in [6.45, 7) is 0.583. The molecule has 0 spiro atoms. The van der Waals surface area contributed by atoms with E-state index in [-0.39, 0.29) is 17.2 Å². The molecule has 0 atom stereocenters. The van der Waals surface area contributed by atoms with Gasteiger partial charge in [-0.1, -0.05) is 71.9 Å². The minimum atomic E-state index is -1.31. The smallest absolute Gasteiger partial charge is 0.250 e. The summed E-state index contributed by atoms with van der Waals surface area (Å²) >= 11 is 7.29. The van der Waals surface area contributed by atoms with Crippen LogP contribution in [0.4, 0.5) is 0 Å². The summed E-state index contributed by atoms with van der Waals surface area (Å²) in [6.07, 6.45) is 1.28. The van der Waals surface area contributed by atoms with Crippen LogP contribution in [0.15, 0.2) is 83.1 Å². The molecule has 3 aromatic carbocycles. The number of nitrogens with one attached hydrogen (secondary N) is 1. The number of hydrogen-bond acceptors (Lipinski definition) is 6. The summed E-state index contributed by atoms with van der Waals surface area (Å²) in [5.41, 5.74) is 5.63. The van der Waals surface area contributed by atoms with E-state index in [1.54, 1.807) is 18.2 Å². The molecule has 1 amide bonds. The highest BCUT2D eigenvalue weighted by Crippen LogP contribution is 2.25. The zero-order valence-electron chi connectivity index (χ0n) is 17.3. The Morgan fingerprint density at radius 3 is 2.58 bits per heavy atom. The maximum Gasteiger partial charge on any atom is 0.250 e. The normalized spacial score (nSPS) is 11.2. The number of rotatable bonds is 8. The van der Waals surface area contributed by atoms with Crippen molar-refractivity contribution in [3.63, 3.8) is 0 Å². The van der Waals surface area contributed by atoms with Crippen LogP contribution in [0.2, 0.25) is 5.02 Å². The quantitative estimate of drug-likeness (QED) is 0.238. The van der Waals surface area contributed by atoms with Gasteiger partial charge in [-0.05, 0) is 29.8 Å². The van der Waals surface area contributed by atoms with E-state index in [4.69, 9.17) is 11.6 Å². The van der Waals surface area contributed by atoms with Crippen LogP contribution < -0.4 is 10.5 Å². The van der Waals surface area contributed by atoms with Crippen molar-refractivity contribution in [1.82, 2.24) is 15.0 Å². The number of para-hydroxylation sites is 2. The predicted octanol–water partition coefficient (Wildman–Crippen LogP) is 3.34. The zero-order chi connectivity index (χ0) is 23.2. The van der Waals surface area contributed by atoms with Crippen LogP contribution >= 0.6 is 23.4 Å². The monoisotopic (exact) mass is 477 g/mol. The van der Waals surface area contributed by atoms with Crippen molar-refractivity contribution in [2.45, 2.75) is 11.7 Å². The summed E-state index contributed by atoms with van der Waals surface area (Å²) in [7, 11) is 0. The Hall–Kier alpha value is -3.62. The lowest BCUT2D eigenvalue weighted by Gasteiger charge is -2.09. The molecule has 1 N–H and O–H groups in total. The minimum Gasteiger partial charge on any atom is -0.545 e. The number of aromatic nitrogens is 2. The lowest BCUT2D eigenvalue weighted by Crippen LogP contribution is -2.24. The summed E-state index contributed by atoms with van der Waals surface area (Å²) in [6, 6.07) is 21.6. The number of benzene rings is 3. The molecule has 0 saturated carbocycles. The number of amides is 1. The Kier molecular flexibility index (Phi) is 7.07. The number of thioether (sulfide) groups is 1. The van der Waals surface area contributed by atoms with Gasteiger partial charge < -0.3 is 14.5 Å². The number of carbonyl (C=O) groups excluding carboxylic acids is 2. The lowest BCUT2D eigenvalue weighted by atomic mass is 10.1. The highest BCUT2D eigenvalue weighted by atomic mass is 35.5. The number of halogens is 1. The van der Waals surface area contributed by atoms with Crippen molar-refractivity contribution >= 4 is 52.5 Å². The topological polar surface area (TPSA) is 99.4 Å². The van der Waals surface area contributed by atoms with Crippen molar-refractivity contribution in [2.24, 2.45) is 5.10 Å². The first kappa shape index (κ1) is 22.6. The van der Waals surface area contributed by atoms with Crippen molar-refractivity contribution < 1.29 is 14.7 Å². The Bertz CT molecular complexity index is 1340. The molecule has 0 aliphatic heterocycles. The summed E-state index contributed by atoms with van der Waals surface area (Å²) < 4.78 is 2.05. The second-order valence-electron chi connectivity index (χ2n) is 7.05. The third-order valence-electron chi connectivity index (χ3n) is 4.78. The number of hydrazone groups is 1. The van der Waals surface area contributed by atoms with Gasteiger partial charge in [0.05, 0.1) is 35.5 Å². The number of imidazole rings is 1. The first-order valence-corrected chi connectivity index (χ1v) is 11.3. The maximum absolute atomic E-state index is 12.3. The number of hydrogen-bond donors (Lipinski definition) is 1. The number of fused-ring (bicyclic) bond motifs is 1. The fraction of sp³-hybridized carbons (Fsp3) is 0.0833. The molecule has 0 saturated heterocycles. The third-order valence-corrected chi connectivity index (χ3v) is 6.01. The molecule has 33 heavy (non-hydrogen) atoms. The van der Waals surface area contributed by atoms with E-state index in [9.17, 15) is 14.7 Å². The average Bonchev–Trinajstić information content (AvgIpc) is 3.16. The first-order valence-electron chi connectivity index (χ1n) is 9.96. The molecule has 4 rings (SSSR count). The Balaban J connectivity index is 1.45. The predicted molar refractivity (Wildman–Crippen MR) is 128 cm³/mol. The van der Waals surface area contributed by atoms with E-state index in [0.29, 0.717) is 22.3 Å². The standard InChI is InChI=1S/C24H19ClN4O3S/c25-18-11-9-16(10-12-18)14-29-21-8-4-3-7-20(21)27-24(29)33-15-22(30)28-26-13-17-5-1-2-6-19(17)23(31)32/h1-13H,14-15H2,(H,28,30)(H,31,32)/p-1/b26-13+. The van der Waals surface area contributed by atoms with Gasteiger partial charge in [0.1, 0.15) is 0 Å². The number of nitrogens with zero attached hydrogens (tertiary/aromatic N) is 3. The van der Waals surface area contributed by atoms with Crippen LogP contribution in [0.3, 0.4) is 0 Å². The van der Waals surface area contributed by atoms with Crippen molar-refractivity contribution in [3.05, 3.63) is 94.5 Å². The second kappa shape index (κ2) is 10.3. The van der Waals surface area contributed by atoms with Crippen molar-refractivity contribution in [2.75, 3.05) is 5.75 Å². The Labute approximate surface area is 199 Å². The number of aromatic carboxylic acids is 1. The Morgan fingerprint density at radius 2 is 1.79 bits per heavy atom. The molecule has 0 unspecified atom stereocenters. The zero-order valence-corrected chi connectivity index (χ0v) is 18.8. The SMILES string of the molecule is O=C(CSc1nc2ccccc2n1Cc1ccc(Cl)cc1)N/N=C/c1ccccc1C(=O)[O-]. The fourth-order valence-electron chi connectivity index (χ4n) is 3.22. The second-order valence-corrected chi connectivity index (χ2v) is 8.43. The highest BCUT2D eigenvalue weighted by molar-refractivity contribution is 7.99. The number of carboxylic acids is 1. The van der Waals surface area contributed by atoms with Crippen LogP contribution in [0.25, 0.3) is 11.0 Å². The van der Waals surface area contributed by atoms with E-state index in [2.05, 4.69) is 20.1 Å². The van der Waals surface area contributed by atoms with E-state index in [1.807, 2.05) is 48.5 Å². The largest absolute Gasteiger partial charge is 0.545 e. The molecule has 1 aromatic heterocycles. The highest BCUT2D eigenvalue weighted by Gasteiger charge is 2.13. The lowest BCUT2D eigenvalue weighted by molar-refractivity contribution is -0.255.